The lowest BCUT2D eigenvalue weighted by Crippen LogP contribution is -2.41. The molecule has 0 N–H and O–H groups in total. The third kappa shape index (κ3) is 5.06. The zero-order valence-electron chi connectivity index (χ0n) is 16.2. The highest BCUT2D eigenvalue weighted by atomic mass is 16.5. The quantitative estimate of drug-likeness (QED) is 0.567. The van der Waals surface area contributed by atoms with E-state index in [1.54, 1.807) is 4.90 Å². The van der Waals surface area contributed by atoms with Gasteiger partial charge < -0.3 is 9.64 Å². The number of hydrogen-bond acceptors (Lipinski definition) is 4. The number of benzene rings is 2. The summed E-state index contributed by atoms with van der Waals surface area (Å²) in [5.74, 6) is -0.318. The summed E-state index contributed by atoms with van der Waals surface area (Å²) in [5, 5.41) is 0. The molecule has 1 amide bonds. The van der Waals surface area contributed by atoms with E-state index in [4.69, 9.17) is 9.73 Å². The summed E-state index contributed by atoms with van der Waals surface area (Å²) in [6.07, 6.45) is 2.79. The van der Waals surface area contributed by atoms with Crippen LogP contribution < -0.4 is 0 Å². The van der Waals surface area contributed by atoms with Crippen LogP contribution in [0.1, 0.15) is 43.2 Å². The average molecular weight is 378 g/mol. The Morgan fingerprint density at radius 3 is 2.18 bits per heavy atom. The van der Waals surface area contributed by atoms with Crippen molar-refractivity contribution in [3.8, 4) is 0 Å². The predicted molar refractivity (Wildman–Crippen MR) is 109 cm³/mol. The summed E-state index contributed by atoms with van der Waals surface area (Å²) >= 11 is 0. The zero-order valence-corrected chi connectivity index (χ0v) is 16.2. The Bertz CT molecular complexity index is 777. The molecule has 146 valence electrons. The lowest BCUT2D eigenvalue weighted by Gasteiger charge is -2.28. The summed E-state index contributed by atoms with van der Waals surface area (Å²) in [7, 11) is 1.36. The van der Waals surface area contributed by atoms with Gasteiger partial charge in [0.05, 0.1) is 19.2 Å². The second-order valence-electron chi connectivity index (χ2n) is 6.87. The second-order valence-corrected chi connectivity index (χ2v) is 6.87. The minimum atomic E-state index is -0.575. The molecule has 5 nitrogen and oxygen atoms in total. The number of carbonyl (C=O) groups is 2. The average Bonchev–Trinajstić information content (AvgIpc) is 2.96. The smallest absolute Gasteiger partial charge is 0.309 e. The van der Waals surface area contributed by atoms with Crippen molar-refractivity contribution in [2.45, 2.75) is 38.3 Å². The number of hydrogen-bond donors (Lipinski definition) is 0. The number of methoxy groups -OCH3 is 1. The molecule has 1 fully saturated rings. The summed E-state index contributed by atoms with van der Waals surface area (Å²) < 4.78 is 4.88. The molecule has 1 heterocycles. The van der Waals surface area contributed by atoms with E-state index in [1.807, 2.05) is 60.7 Å². The molecule has 2 aromatic carbocycles. The van der Waals surface area contributed by atoms with E-state index in [-0.39, 0.29) is 18.3 Å². The van der Waals surface area contributed by atoms with Crippen LogP contribution in [0.15, 0.2) is 65.7 Å². The molecule has 1 aliphatic rings. The lowest BCUT2D eigenvalue weighted by atomic mass is 10.0. The van der Waals surface area contributed by atoms with Gasteiger partial charge >= 0.3 is 5.97 Å². The van der Waals surface area contributed by atoms with Crippen molar-refractivity contribution in [3.63, 3.8) is 0 Å². The summed E-state index contributed by atoms with van der Waals surface area (Å²) in [6, 6.07) is 19.7. The van der Waals surface area contributed by atoms with Crippen molar-refractivity contribution in [1.82, 2.24) is 4.90 Å². The molecule has 28 heavy (non-hydrogen) atoms. The van der Waals surface area contributed by atoms with E-state index in [2.05, 4.69) is 0 Å². The molecular formula is C23H26N2O3. The van der Waals surface area contributed by atoms with Crippen LogP contribution in [-0.2, 0) is 14.3 Å². The predicted octanol–water partition coefficient (Wildman–Crippen LogP) is 3.82. The standard InChI is InChI=1S/C23H26N2O3/c1-28-22(27)17-20(25-16-10-4-9-15-21(25)26)24-23(18-11-5-2-6-12-18)19-13-7-3-8-14-19/h2-3,5-8,11-14,20H,4,9-10,15-17H2,1H3. The van der Waals surface area contributed by atoms with E-state index >= 15 is 0 Å². The molecule has 1 saturated heterocycles. The highest BCUT2D eigenvalue weighted by molar-refractivity contribution is 6.13. The molecule has 0 radical (unpaired) electrons. The van der Waals surface area contributed by atoms with Crippen LogP contribution in [0, 0.1) is 0 Å². The number of aliphatic imine (C=N–C) groups is 1. The van der Waals surface area contributed by atoms with Gasteiger partial charge in [0.25, 0.3) is 0 Å². The zero-order chi connectivity index (χ0) is 19.8. The van der Waals surface area contributed by atoms with E-state index < -0.39 is 6.17 Å². The first-order chi connectivity index (χ1) is 13.7. The monoisotopic (exact) mass is 378 g/mol. The Morgan fingerprint density at radius 1 is 1.00 bits per heavy atom. The van der Waals surface area contributed by atoms with Crippen LogP contribution in [0.25, 0.3) is 0 Å². The number of rotatable bonds is 6. The van der Waals surface area contributed by atoms with Crippen LogP contribution in [0.2, 0.25) is 0 Å². The molecule has 2 aromatic rings. The van der Waals surface area contributed by atoms with Crippen molar-refractivity contribution in [1.29, 1.82) is 0 Å². The van der Waals surface area contributed by atoms with Crippen LogP contribution in [0.4, 0.5) is 0 Å². The second kappa shape index (κ2) is 9.83. The van der Waals surface area contributed by atoms with Gasteiger partial charge in [0, 0.05) is 24.1 Å². The van der Waals surface area contributed by atoms with Gasteiger partial charge in [0.1, 0.15) is 6.17 Å². The van der Waals surface area contributed by atoms with Gasteiger partial charge in [-0.15, -0.1) is 0 Å². The summed E-state index contributed by atoms with van der Waals surface area (Å²) in [5.41, 5.74) is 2.67. The van der Waals surface area contributed by atoms with E-state index in [0.717, 1.165) is 36.1 Å². The van der Waals surface area contributed by atoms with E-state index in [1.165, 1.54) is 7.11 Å². The first-order valence-electron chi connectivity index (χ1n) is 9.74. The van der Waals surface area contributed by atoms with Crippen molar-refractivity contribution in [2.24, 2.45) is 4.99 Å². The molecule has 5 heteroatoms. The van der Waals surface area contributed by atoms with Crippen molar-refractivity contribution in [2.75, 3.05) is 13.7 Å². The number of ether oxygens (including phenoxy) is 1. The van der Waals surface area contributed by atoms with E-state index in [0.29, 0.717) is 13.0 Å². The Hall–Kier alpha value is -2.95. The molecule has 0 saturated carbocycles. The summed E-state index contributed by atoms with van der Waals surface area (Å²) in [6.45, 7) is 0.612. The lowest BCUT2D eigenvalue weighted by molar-refractivity contribution is -0.143. The van der Waals surface area contributed by atoms with E-state index in [9.17, 15) is 9.59 Å². The number of esters is 1. The maximum atomic E-state index is 12.7. The summed E-state index contributed by atoms with van der Waals surface area (Å²) in [4.78, 5) is 31.5. The minimum Gasteiger partial charge on any atom is -0.469 e. The Labute approximate surface area is 166 Å². The number of nitrogens with zero attached hydrogens (tertiary/aromatic N) is 2. The van der Waals surface area contributed by atoms with Crippen LogP contribution in [0.5, 0.6) is 0 Å². The highest BCUT2D eigenvalue weighted by Crippen LogP contribution is 2.20. The molecule has 0 spiro atoms. The fourth-order valence-corrected chi connectivity index (χ4v) is 3.43. The SMILES string of the molecule is COC(=O)CC(N=C(c1ccccc1)c1ccccc1)N1CCCCCC1=O. The number of amides is 1. The highest BCUT2D eigenvalue weighted by Gasteiger charge is 2.27. The molecule has 1 aliphatic heterocycles. The molecular weight excluding hydrogens is 352 g/mol. The van der Waals surface area contributed by atoms with Gasteiger partial charge in [-0.05, 0) is 12.8 Å². The van der Waals surface area contributed by atoms with Crippen molar-refractivity contribution < 1.29 is 14.3 Å². The van der Waals surface area contributed by atoms with Crippen molar-refractivity contribution >= 4 is 17.6 Å². The first-order valence-corrected chi connectivity index (χ1v) is 9.74. The molecule has 1 unspecified atom stereocenters. The number of likely N-dealkylation sites (tertiary alicyclic amines) is 1. The molecule has 0 aliphatic carbocycles. The maximum Gasteiger partial charge on any atom is 0.309 e. The van der Waals surface area contributed by atoms with Crippen LogP contribution in [-0.4, -0.2) is 42.3 Å². The molecule has 0 aromatic heterocycles. The Morgan fingerprint density at radius 2 is 1.61 bits per heavy atom. The van der Waals surface area contributed by atoms with Crippen LogP contribution >= 0.6 is 0 Å². The third-order valence-corrected chi connectivity index (χ3v) is 4.92. The topological polar surface area (TPSA) is 59.0 Å². The molecule has 0 bridgehead atoms. The first kappa shape index (κ1) is 19.8. The maximum absolute atomic E-state index is 12.7. The normalized spacial score (nSPS) is 15.5. The molecule has 3 rings (SSSR count). The molecule has 1 atom stereocenters. The Balaban J connectivity index is 2.05. The van der Waals surface area contributed by atoms with Gasteiger partial charge in [0.2, 0.25) is 5.91 Å². The largest absolute Gasteiger partial charge is 0.469 e. The van der Waals surface area contributed by atoms with Gasteiger partial charge in [-0.2, -0.15) is 0 Å². The van der Waals surface area contributed by atoms with Gasteiger partial charge in [-0.3, -0.25) is 14.6 Å². The third-order valence-electron chi connectivity index (χ3n) is 4.92. The fraction of sp³-hybridized carbons (Fsp3) is 0.348. The Kier molecular flexibility index (Phi) is 6.95. The van der Waals surface area contributed by atoms with Gasteiger partial charge in [-0.1, -0.05) is 67.1 Å². The van der Waals surface area contributed by atoms with Gasteiger partial charge in [0.15, 0.2) is 0 Å². The van der Waals surface area contributed by atoms with Crippen LogP contribution in [0.3, 0.4) is 0 Å². The minimum absolute atomic E-state index is 0.0470. The fourth-order valence-electron chi connectivity index (χ4n) is 3.43. The van der Waals surface area contributed by atoms with Crippen molar-refractivity contribution in [3.05, 3.63) is 71.8 Å². The van der Waals surface area contributed by atoms with Gasteiger partial charge in [-0.25, -0.2) is 0 Å². The number of carbonyl (C=O) groups excluding carboxylic acids is 2.